The van der Waals surface area contributed by atoms with Crippen LogP contribution < -0.4 is 0 Å². The van der Waals surface area contributed by atoms with Gasteiger partial charge in [0.15, 0.2) is 5.78 Å². The van der Waals surface area contributed by atoms with Crippen LogP contribution >= 0.6 is 0 Å². The van der Waals surface area contributed by atoms with Crippen molar-refractivity contribution >= 4 is 11.8 Å². The first-order chi connectivity index (χ1) is 10.6. The predicted molar refractivity (Wildman–Crippen MR) is 87.2 cm³/mol. The van der Waals surface area contributed by atoms with Gasteiger partial charge in [-0.15, -0.1) is 0 Å². The van der Waals surface area contributed by atoms with E-state index in [1.165, 1.54) is 13.5 Å². The third-order valence-corrected chi connectivity index (χ3v) is 4.80. The third-order valence-electron chi connectivity index (χ3n) is 4.80. The first kappa shape index (κ1) is 16.7. The van der Waals surface area contributed by atoms with Gasteiger partial charge in [-0.3, -0.25) is 9.59 Å². The monoisotopic (exact) mass is 302 g/mol. The first-order valence-electron chi connectivity index (χ1n) is 8.20. The minimum atomic E-state index is -0.138. The predicted octanol–water partition coefficient (Wildman–Crippen LogP) is 3.86. The molecule has 0 aromatic carbocycles. The number of esters is 1. The van der Waals surface area contributed by atoms with Gasteiger partial charge in [-0.05, 0) is 62.4 Å². The van der Waals surface area contributed by atoms with Crippen molar-refractivity contribution in [3.63, 3.8) is 0 Å². The number of hydrogen-bond donors (Lipinski definition) is 0. The summed E-state index contributed by atoms with van der Waals surface area (Å²) in [5.74, 6) is 2.37. The van der Waals surface area contributed by atoms with E-state index in [4.69, 9.17) is 0 Å². The maximum Gasteiger partial charge on any atom is 0.305 e. The lowest BCUT2D eigenvalue weighted by molar-refractivity contribution is -0.140. The first-order valence-corrected chi connectivity index (χ1v) is 8.20. The molecule has 0 radical (unpaired) electrons. The van der Waals surface area contributed by atoms with Crippen molar-refractivity contribution in [2.45, 2.75) is 39.0 Å². The van der Waals surface area contributed by atoms with Crippen LogP contribution in [0, 0.1) is 23.7 Å². The number of rotatable bonds is 8. The van der Waals surface area contributed by atoms with Crippen molar-refractivity contribution in [3.05, 3.63) is 36.5 Å². The van der Waals surface area contributed by atoms with Crippen LogP contribution in [0.25, 0.3) is 0 Å². The second-order valence-corrected chi connectivity index (χ2v) is 6.33. The molecule has 0 aliphatic heterocycles. The fourth-order valence-corrected chi connectivity index (χ4v) is 3.66. The maximum atomic E-state index is 11.2. The average Bonchev–Trinajstić information content (AvgIpc) is 3.09. The SMILES string of the molecule is COC(=O)CCC/C=C\CC1C(C=CC(C)=O)[C@H]2C=C[C@H]1C2. The molecule has 0 aromatic rings. The van der Waals surface area contributed by atoms with Crippen LogP contribution in [0.1, 0.15) is 39.0 Å². The molecule has 0 spiro atoms. The normalized spacial score (nSPS) is 29.7. The van der Waals surface area contributed by atoms with Crippen molar-refractivity contribution in [1.82, 2.24) is 0 Å². The quantitative estimate of drug-likeness (QED) is 0.296. The molecule has 120 valence electrons. The van der Waals surface area contributed by atoms with Crippen molar-refractivity contribution in [1.29, 1.82) is 0 Å². The van der Waals surface area contributed by atoms with E-state index < -0.39 is 0 Å². The molecule has 1 fully saturated rings. The van der Waals surface area contributed by atoms with Gasteiger partial charge in [0, 0.05) is 6.42 Å². The number of ketones is 1. The molecule has 4 atom stereocenters. The lowest BCUT2D eigenvalue weighted by atomic mass is 9.80. The molecule has 0 aromatic heterocycles. The largest absolute Gasteiger partial charge is 0.469 e. The van der Waals surface area contributed by atoms with E-state index in [9.17, 15) is 9.59 Å². The van der Waals surface area contributed by atoms with Crippen molar-refractivity contribution < 1.29 is 14.3 Å². The third kappa shape index (κ3) is 4.43. The van der Waals surface area contributed by atoms with Gasteiger partial charge >= 0.3 is 5.97 Å². The van der Waals surface area contributed by atoms with Crippen LogP contribution in [-0.4, -0.2) is 18.9 Å². The molecule has 3 heteroatoms. The zero-order valence-electron chi connectivity index (χ0n) is 13.5. The van der Waals surface area contributed by atoms with Crippen LogP contribution in [-0.2, 0) is 14.3 Å². The van der Waals surface area contributed by atoms with E-state index in [1.54, 1.807) is 13.0 Å². The Morgan fingerprint density at radius 1 is 1.23 bits per heavy atom. The minimum absolute atomic E-state index is 0.129. The van der Waals surface area contributed by atoms with Gasteiger partial charge in [0.1, 0.15) is 0 Å². The highest BCUT2D eigenvalue weighted by molar-refractivity contribution is 5.87. The van der Waals surface area contributed by atoms with E-state index in [2.05, 4.69) is 35.1 Å². The van der Waals surface area contributed by atoms with Crippen molar-refractivity contribution in [2.24, 2.45) is 23.7 Å². The zero-order chi connectivity index (χ0) is 15.9. The molecule has 2 aliphatic carbocycles. The summed E-state index contributed by atoms with van der Waals surface area (Å²) in [6.07, 6.45) is 17.4. The Bertz CT molecular complexity index is 487. The Labute approximate surface area is 133 Å². The van der Waals surface area contributed by atoms with Gasteiger partial charge in [0.2, 0.25) is 0 Å². The second-order valence-electron chi connectivity index (χ2n) is 6.33. The molecule has 2 aliphatic rings. The summed E-state index contributed by atoms with van der Waals surface area (Å²) in [4.78, 5) is 22.2. The summed E-state index contributed by atoms with van der Waals surface area (Å²) in [6, 6.07) is 0. The number of hydrogen-bond acceptors (Lipinski definition) is 3. The van der Waals surface area contributed by atoms with Gasteiger partial charge in [-0.2, -0.15) is 0 Å². The van der Waals surface area contributed by atoms with E-state index in [1.807, 2.05) is 0 Å². The summed E-state index contributed by atoms with van der Waals surface area (Å²) in [7, 11) is 1.43. The van der Waals surface area contributed by atoms with Crippen LogP contribution in [0.15, 0.2) is 36.5 Å². The Balaban J connectivity index is 1.79. The van der Waals surface area contributed by atoms with Gasteiger partial charge in [-0.1, -0.05) is 30.4 Å². The zero-order valence-corrected chi connectivity index (χ0v) is 13.5. The Kier molecular flexibility index (Phi) is 6.17. The molecular formula is C19H26O3. The average molecular weight is 302 g/mol. The molecule has 0 saturated heterocycles. The number of carbonyl (C=O) groups is 2. The minimum Gasteiger partial charge on any atom is -0.469 e. The van der Waals surface area contributed by atoms with Crippen molar-refractivity contribution in [3.8, 4) is 0 Å². The molecule has 22 heavy (non-hydrogen) atoms. The van der Waals surface area contributed by atoms with Gasteiger partial charge in [0.25, 0.3) is 0 Å². The second kappa shape index (κ2) is 8.11. The number of ether oxygens (including phenoxy) is 1. The smallest absolute Gasteiger partial charge is 0.305 e. The fourth-order valence-electron chi connectivity index (χ4n) is 3.66. The Hall–Kier alpha value is -1.64. The molecule has 2 unspecified atom stereocenters. The molecule has 0 heterocycles. The van der Waals surface area contributed by atoms with Crippen molar-refractivity contribution in [2.75, 3.05) is 7.11 Å². The topological polar surface area (TPSA) is 43.4 Å². The highest BCUT2D eigenvalue weighted by atomic mass is 16.5. The number of fused-ring (bicyclic) bond motifs is 2. The Morgan fingerprint density at radius 3 is 2.73 bits per heavy atom. The maximum absolute atomic E-state index is 11.2. The van der Waals surface area contributed by atoms with E-state index in [0.29, 0.717) is 30.1 Å². The van der Waals surface area contributed by atoms with Crippen LogP contribution in [0.3, 0.4) is 0 Å². The highest BCUT2D eigenvalue weighted by Gasteiger charge is 2.42. The standard InChI is InChI=1S/C19H26O3/c1-14(20)9-12-18-16-11-10-15(13-16)17(18)7-5-3-4-6-8-19(21)22-2/h3,5,9-12,15-18H,4,6-8,13H2,1-2H3/b5-3-,12-9?/t15-,16-,17?,18?/m0/s1. The summed E-state index contributed by atoms with van der Waals surface area (Å²) in [5, 5.41) is 0. The number of allylic oxidation sites excluding steroid dienone is 6. The highest BCUT2D eigenvalue weighted by Crippen LogP contribution is 2.50. The molecule has 0 amide bonds. The number of carbonyl (C=O) groups excluding carboxylic acids is 2. The summed E-state index contributed by atoms with van der Waals surface area (Å²) in [5.41, 5.74) is 0. The molecule has 1 saturated carbocycles. The lowest BCUT2D eigenvalue weighted by Gasteiger charge is -2.24. The van der Waals surface area contributed by atoms with Crippen LogP contribution in [0.4, 0.5) is 0 Å². The van der Waals surface area contributed by atoms with Crippen LogP contribution in [0.5, 0.6) is 0 Å². The fraction of sp³-hybridized carbons (Fsp3) is 0.579. The molecule has 2 rings (SSSR count). The van der Waals surface area contributed by atoms with Gasteiger partial charge in [-0.25, -0.2) is 0 Å². The van der Waals surface area contributed by atoms with Gasteiger partial charge < -0.3 is 4.74 Å². The number of unbranched alkanes of at least 4 members (excludes halogenated alkanes) is 1. The molecule has 3 nitrogen and oxygen atoms in total. The molecular weight excluding hydrogens is 276 g/mol. The Morgan fingerprint density at radius 2 is 2.00 bits per heavy atom. The lowest BCUT2D eigenvalue weighted by Crippen LogP contribution is -2.17. The van der Waals surface area contributed by atoms with E-state index in [-0.39, 0.29) is 11.8 Å². The van der Waals surface area contributed by atoms with E-state index >= 15 is 0 Å². The summed E-state index contributed by atoms with van der Waals surface area (Å²) < 4.78 is 4.63. The summed E-state index contributed by atoms with van der Waals surface area (Å²) in [6.45, 7) is 1.61. The number of methoxy groups -OCH3 is 1. The molecule has 0 N–H and O–H groups in total. The van der Waals surface area contributed by atoms with E-state index in [0.717, 1.165) is 19.3 Å². The molecule has 2 bridgehead atoms. The van der Waals surface area contributed by atoms with Gasteiger partial charge in [0.05, 0.1) is 7.11 Å². The van der Waals surface area contributed by atoms with Crippen LogP contribution in [0.2, 0.25) is 0 Å². The summed E-state index contributed by atoms with van der Waals surface area (Å²) >= 11 is 0.